The Bertz CT molecular complexity index is 819. The Balaban J connectivity index is 1.48. The third-order valence-electron chi connectivity index (χ3n) is 4.39. The molecule has 2 aromatic rings. The van der Waals surface area contributed by atoms with E-state index in [2.05, 4.69) is 26.9 Å². The molecule has 10 nitrogen and oxygen atoms in total. The molecule has 0 bridgehead atoms. The molecule has 0 radical (unpaired) electrons. The monoisotopic (exact) mass is 436 g/mol. The number of hydrogen-bond donors (Lipinski definition) is 0. The van der Waals surface area contributed by atoms with Gasteiger partial charge in [0.2, 0.25) is 0 Å². The lowest BCUT2D eigenvalue weighted by molar-refractivity contribution is 0.0988. The van der Waals surface area contributed by atoms with Crippen molar-refractivity contribution in [3.05, 3.63) is 29.9 Å². The van der Waals surface area contributed by atoms with E-state index in [1.165, 1.54) is 12.4 Å². The molecule has 1 aliphatic heterocycles. The third-order valence-corrected chi connectivity index (χ3v) is 4.65. The van der Waals surface area contributed by atoms with Gasteiger partial charge in [-0.05, 0) is 6.42 Å². The summed E-state index contributed by atoms with van der Waals surface area (Å²) >= 11 is 5.91. The number of carbonyl (C=O) groups excluding carboxylic acids is 1. The van der Waals surface area contributed by atoms with Gasteiger partial charge in [0.25, 0.3) is 11.8 Å². The van der Waals surface area contributed by atoms with Crippen molar-refractivity contribution in [1.29, 1.82) is 0 Å². The first kappa shape index (κ1) is 21.8. The molecule has 1 saturated heterocycles. The average molecular weight is 437 g/mol. The number of unbranched alkanes of at least 4 members (excludes halogenated alkanes) is 1. The number of rotatable bonds is 9. The molecule has 1 amide bonds. The minimum absolute atomic E-state index is 0.198. The summed E-state index contributed by atoms with van der Waals surface area (Å²) < 4.78 is 16.5. The van der Waals surface area contributed by atoms with Crippen molar-refractivity contribution in [3.8, 4) is 11.8 Å². The van der Waals surface area contributed by atoms with Crippen LogP contribution >= 0.6 is 11.6 Å². The van der Waals surface area contributed by atoms with Crippen LogP contribution in [0.2, 0.25) is 5.15 Å². The van der Waals surface area contributed by atoms with E-state index in [0.717, 1.165) is 12.8 Å². The largest absolute Gasteiger partial charge is 0.472 e. The van der Waals surface area contributed by atoms with Crippen molar-refractivity contribution in [2.45, 2.75) is 19.8 Å². The summed E-state index contributed by atoms with van der Waals surface area (Å²) in [5.74, 6) is 1.29. The van der Waals surface area contributed by atoms with Gasteiger partial charge in [0.1, 0.15) is 13.2 Å². The quantitative estimate of drug-likeness (QED) is 0.548. The Morgan fingerprint density at radius 3 is 2.27 bits per heavy atom. The zero-order chi connectivity index (χ0) is 21.2. The molecule has 162 valence electrons. The van der Waals surface area contributed by atoms with Gasteiger partial charge in [-0.15, -0.1) is 0 Å². The van der Waals surface area contributed by atoms with E-state index in [1.807, 2.05) is 4.90 Å². The summed E-state index contributed by atoms with van der Waals surface area (Å²) in [5.41, 5.74) is 0. The van der Waals surface area contributed by atoms with Crippen LogP contribution in [0.3, 0.4) is 0 Å². The van der Waals surface area contributed by atoms with Crippen LogP contribution in [0.4, 0.5) is 10.6 Å². The predicted octanol–water partition coefficient (Wildman–Crippen LogP) is 2.44. The second kappa shape index (κ2) is 11.3. The van der Waals surface area contributed by atoms with Crippen LogP contribution in [0.5, 0.6) is 11.8 Å². The topological polar surface area (TPSA) is 103 Å². The number of piperazine rings is 1. The number of aromatic nitrogens is 4. The van der Waals surface area contributed by atoms with Crippen molar-refractivity contribution < 1.29 is 19.0 Å². The molecule has 30 heavy (non-hydrogen) atoms. The molecule has 0 aromatic carbocycles. The van der Waals surface area contributed by atoms with Gasteiger partial charge in [0, 0.05) is 51.0 Å². The van der Waals surface area contributed by atoms with Crippen molar-refractivity contribution >= 4 is 23.5 Å². The Kier molecular flexibility index (Phi) is 8.25. The maximum absolute atomic E-state index is 12.1. The van der Waals surface area contributed by atoms with E-state index in [9.17, 15) is 4.79 Å². The average Bonchev–Trinajstić information content (AvgIpc) is 2.78. The first-order valence-electron chi connectivity index (χ1n) is 9.88. The molecule has 0 atom stereocenters. The summed E-state index contributed by atoms with van der Waals surface area (Å²) in [6, 6.07) is 0. The van der Waals surface area contributed by atoms with Crippen LogP contribution < -0.4 is 14.4 Å². The zero-order valence-corrected chi connectivity index (χ0v) is 17.6. The minimum Gasteiger partial charge on any atom is -0.472 e. The summed E-state index contributed by atoms with van der Waals surface area (Å²) in [5, 5.41) is 0.198. The Morgan fingerprint density at radius 1 is 0.933 bits per heavy atom. The summed E-state index contributed by atoms with van der Waals surface area (Å²) in [7, 11) is 0. The number of carbonyl (C=O) groups is 1. The number of halogens is 1. The fourth-order valence-corrected chi connectivity index (χ4v) is 2.97. The summed E-state index contributed by atoms with van der Waals surface area (Å²) in [6.07, 6.45) is 7.78. The Hall–Kier alpha value is -2.88. The molecule has 1 fully saturated rings. The van der Waals surface area contributed by atoms with E-state index in [0.29, 0.717) is 44.5 Å². The number of hydrogen-bond acceptors (Lipinski definition) is 9. The fraction of sp³-hybridized carbons (Fsp3) is 0.526. The minimum atomic E-state index is -0.265. The normalized spacial score (nSPS) is 13.8. The molecule has 2 aromatic heterocycles. The molecule has 0 spiro atoms. The van der Waals surface area contributed by atoms with Gasteiger partial charge in [-0.3, -0.25) is 0 Å². The highest BCUT2D eigenvalue weighted by molar-refractivity contribution is 6.30. The molecule has 0 saturated carbocycles. The summed E-state index contributed by atoms with van der Waals surface area (Å²) in [4.78, 5) is 32.4. The number of anilines is 1. The smallest absolute Gasteiger partial charge is 0.409 e. The highest BCUT2D eigenvalue weighted by atomic mass is 35.5. The van der Waals surface area contributed by atoms with E-state index >= 15 is 0 Å². The molecule has 11 heteroatoms. The van der Waals surface area contributed by atoms with Crippen LogP contribution in [0, 0.1) is 0 Å². The second-order valence-electron chi connectivity index (χ2n) is 6.48. The lowest BCUT2D eigenvalue weighted by atomic mass is 10.3. The lowest BCUT2D eigenvalue weighted by Gasteiger charge is -2.35. The third kappa shape index (κ3) is 6.06. The Labute approximate surface area is 180 Å². The number of nitrogens with zero attached hydrogens (tertiary/aromatic N) is 6. The van der Waals surface area contributed by atoms with Crippen LogP contribution in [0.15, 0.2) is 24.8 Å². The van der Waals surface area contributed by atoms with Crippen LogP contribution in [-0.2, 0) is 4.74 Å². The SMILES string of the molecule is CCCCOC(=O)N1CCN(c2nccnc2OCCOc2nccnc2Cl)CC1. The lowest BCUT2D eigenvalue weighted by Crippen LogP contribution is -2.49. The van der Waals surface area contributed by atoms with Crippen LogP contribution in [0.25, 0.3) is 0 Å². The summed E-state index contributed by atoms with van der Waals surface area (Å²) in [6.45, 7) is 5.32. The van der Waals surface area contributed by atoms with Gasteiger partial charge in [-0.1, -0.05) is 24.9 Å². The molecule has 0 N–H and O–H groups in total. The maximum Gasteiger partial charge on any atom is 0.409 e. The first-order valence-corrected chi connectivity index (χ1v) is 10.3. The van der Waals surface area contributed by atoms with Crippen molar-refractivity contribution in [3.63, 3.8) is 0 Å². The predicted molar refractivity (Wildman–Crippen MR) is 110 cm³/mol. The Morgan fingerprint density at radius 2 is 1.57 bits per heavy atom. The van der Waals surface area contributed by atoms with Gasteiger partial charge in [0.05, 0.1) is 6.61 Å². The number of amides is 1. The molecule has 1 aliphatic rings. The van der Waals surface area contributed by atoms with Gasteiger partial charge in [-0.25, -0.2) is 24.7 Å². The molecular formula is C19H25ClN6O4. The van der Waals surface area contributed by atoms with E-state index < -0.39 is 0 Å². The van der Waals surface area contributed by atoms with Gasteiger partial charge in [-0.2, -0.15) is 0 Å². The van der Waals surface area contributed by atoms with Gasteiger partial charge >= 0.3 is 6.09 Å². The molecular weight excluding hydrogens is 412 g/mol. The molecule has 0 unspecified atom stereocenters. The highest BCUT2D eigenvalue weighted by Crippen LogP contribution is 2.24. The second-order valence-corrected chi connectivity index (χ2v) is 6.83. The highest BCUT2D eigenvalue weighted by Gasteiger charge is 2.25. The van der Waals surface area contributed by atoms with Gasteiger partial charge < -0.3 is 24.0 Å². The zero-order valence-electron chi connectivity index (χ0n) is 16.9. The molecule has 3 rings (SSSR count). The maximum atomic E-state index is 12.1. The van der Waals surface area contributed by atoms with Crippen molar-refractivity contribution in [1.82, 2.24) is 24.8 Å². The van der Waals surface area contributed by atoms with E-state index in [4.69, 9.17) is 25.8 Å². The standard InChI is InChI=1S/C19H25ClN6O4/c1-2-3-12-30-19(27)26-10-8-25(9-11-26)16-18(24-7-5-22-16)29-14-13-28-17-15(20)21-4-6-23-17/h4-7H,2-3,8-14H2,1H3. The van der Waals surface area contributed by atoms with Crippen LogP contribution in [-0.4, -0.2) is 76.9 Å². The molecule has 0 aliphatic carbocycles. The van der Waals surface area contributed by atoms with Crippen LogP contribution in [0.1, 0.15) is 19.8 Å². The first-order chi connectivity index (χ1) is 14.7. The van der Waals surface area contributed by atoms with Crippen molar-refractivity contribution in [2.75, 3.05) is 50.9 Å². The number of ether oxygens (including phenoxy) is 3. The van der Waals surface area contributed by atoms with Crippen molar-refractivity contribution in [2.24, 2.45) is 0 Å². The molecule has 3 heterocycles. The van der Waals surface area contributed by atoms with E-state index in [-0.39, 0.29) is 30.3 Å². The van der Waals surface area contributed by atoms with E-state index in [1.54, 1.807) is 17.3 Å². The fourth-order valence-electron chi connectivity index (χ4n) is 2.81. The van der Waals surface area contributed by atoms with Gasteiger partial charge in [0.15, 0.2) is 11.0 Å².